The molecule has 1 aromatic carbocycles. The summed E-state index contributed by atoms with van der Waals surface area (Å²) in [7, 11) is 3.09. The molecule has 6 nitrogen and oxygen atoms in total. The first-order chi connectivity index (χ1) is 9.63. The molecule has 20 heavy (non-hydrogen) atoms. The zero-order valence-electron chi connectivity index (χ0n) is 11.1. The van der Waals surface area contributed by atoms with Gasteiger partial charge >= 0.3 is 0 Å². The lowest BCUT2D eigenvalue weighted by atomic mass is 10.2. The summed E-state index contributed by atoms with van der Waals surface area (Å²) in [5, 5.41) is 3.02. The van der Waals surface area contributed by atoms with Crippen molar-refractivity contribution >= 4 is 23.2 Å². The van der Waals surface area contributed by atoms with Gasteiger partial charge in [0.1, 0.15) is 6.54 Å². The summed E-state index contributed by atoms with van der Waals surface area (Å²) in [6, 6.07) is 5.14. The molecule has 0 radical (unpaired) electrons. The molecule has 0 aliphatic rings. The zero-order valence-corrected chi connectivity index (χ0v) is 11.8. The van der Waals surface area contributed by atoms with Gasteiger partial charge in [0.15, 0.2) is 11.5 Å². The predicted octanol–water partition coefficient (Wildman–Crippen LogP) is 2.19. The second kappa shape index (κ2) is 6.29. The van der Waals surface area contributed by atoms with Crippen LogP contribution >= 0.6 is 11.6 Å². The van der Waals surface area contributed by atoms with Crippen LogP contribution in [0.25, 0.3) is 0 Å². The number of imidazole rings is 1. The van der Waals surface area contributed by atoms with Gasteiger partial charge in [-0.25, -0.2) is 4.98 Å². The van der Waals surface area contributed by atoms with Gasteiger partial charge in [-0.05, 0) is 23.7 Å². The maximum absolute atomic E-state index is 11.9. The first kappa shape index (κ1) is 14.2. The molecule has 1 N–H and O–H groups in total. The number of benzene rings is 1. The lowest BCUT2D eigenvalue weighted by Gasteiger charge is -2.11. The van der Waals surface area contributed by atoms with Crippen molar-refractivity contribution in [2.75, 3.05) is 19.5 Å². The van der Waals surface area contributed by atoms with Crippen LogP contribution in [0.5, 0.6) is 11.5 Å². The standard InChI is InChI=1S/C13H14ClN3O3/c1-19-10-4-3-9(7-11(10)20-2)16-12(18)8-17-6-5-15-13(17)14/h3-7H,8H2,1-2H3,(H,16,18). The van der Waals surface area contributed by atoms with E-state index in [0.717, 1.165) is 0 Å². The predicted molar refractivity (Wildman–Crippen MR) is 75.4 cm³/mol. The third kappa shape index (κ3) is 3.21. The van der Waals surface area contributed by atoms with Crippen LogP contribution in [0.2, 0.25) is 5.28 Å². The van der Waals surface area contributed by atoms with Crippen molar-refractivity contribution in [1.29, 1.82) is 0 Å². The van der Waals surface area contributed by atoms with Crippen LogP contribution in [0.4, 0.5) is 5.69 Å². The number of aromatic nitrogens is 2. The van der Waals surface area contributed by atoms with Gasteiger partial charge in [0.2, 0.25) is 11.2 Å². The van der Waals surface area contributed by atoms with Crippen LogP contribution in [-0.4, -0.2) is 29.7 Å². The van der Waals surface area contributed by atoms with E-state index in [9.17, 15) is 4.79 Å². The van der Waals surface area contributed by atoms with Crippen molar-refractivity contribution in [1.82, 2.24) is 9.55 Å². The van der Waals surface area contributed by atoms with Crippen molar-refractivity contribution in [2.45, 2.75) is 6.54 Å². The molecule has 1 amide bonds. The minimum absolute atomic E-state index is 0.0905. The summed E-state index contributed by atoms with van der Waals surface area (Å²) in [5.41, 5.74) is 0.615. The summed E-state index contributed by atoms with van der Waals surface area (Å²) >= 11 is 5.81. The van der Waals surface area contributed by atoms with Crippen LogP contribution < -0.4 is 14.8 Å². The summed E-state index contributed by atoms with van der Waals surface area (Å²) in [4.78, 5) is 15.7. The quantitative estimate of drug-likeness (QED) is 0.918. The van der Waals surface area contributed by atoms with Gasteiger partial charge in [0.05, 0.1) is 14.2 Å². The van der Waals surface area contributed by atoms with Gasteiger partial charge in [-0.3, -0.25) is 4.79 Å². The Bertz CT molecular complexity index is 613. The van der Waals surface area contributed by atoms with Crippen molar-refractivity contribution in [3.63, 3.8) is 0 Å². The zero-order chi connectivity index (χ0) is 14.5. The molecule has 0 aliphatic carbocycles. The second-order valence-electron chi connectivity index (χ2n) is 3.94. The van der Waals surface area contributed by atoms with Gasteiger partial charge in [-0.15, -0.1) is 0 Å². The van der Waals surface area contributed by atoms with E-state index in [1.807, 2.05) is 0 Å². The van der Waals surface area contributed by atoms with Crippen molar-refractivity contribution in [3.8, 4) is 11.5 Å². The van der Waals surface area contributed by atoms with Gasteiger partial charge < -0.3 is 19.4 Å². The fourth-order valence-corrected chi connectivity index (χ4v) is 1.87. The smallest absolute Gasteiger partial charge is 0.244 e. The molecule has 0 bridgehead atoms. The number of methoxy groups -OCH3 is 2. The average Bonchev–Trinajstić information content (AvgIpc) is 2.84. The Morgan fingerprint density at radius 1 is 1.35 bits per heavy atom. The van der Waals surface area contributed by atoms with Crippen LogP contribution in [0.15, 0.2) is 30.6 Å². The Kier molecular flexibility index (Phi) is 4.47. The van der Waals surface area contributed by atoms with E-state index in [1.165, 1.54) is 17.9 Å². The van der Waals surface area contributed by atoms with Gasteiger partial charge in [-0.1, -0.05) is 0 Å². The fourth-order valence-electron chi connectivity index (χ4n) is 1.70. The molecule has 0 unspecified atom stereocenters. The van der Waals surface area contributed by atoms with E-state index in [2.05, 4.69) is 10.3 Å². The highest BCUT2D eigenvalue weighted by molar-refractivity contribution is 6.28. The summed E-state index contributed by atoms with van der Waals surface area (Å²) in [6.45, 7) is 0.0905. The Morgan fingerprint density at radius 3 is 2.70 bits per heavy atom. The number of amides is 1. The average molecular weight is 296 g/mol. The molecule has 2 aromatic rings. The molecule has 0 fully saturated rings. The third-order valence-electron chi connectivity index (χ3n) is 2.65. The van der Waals surface area contributed by atoms with Gasteiger partial charge in [0.25, 0.3) is 0 Å². The van der Waals surface area contributed by atoms with Crippen molar-refractivity contribution in [3.05, 3.63) is 35.9 Å². The molecule has 0 atom stereocenters. The highest BCUT2D eigenvalue weighted by Crippen LogP contribution is 2.29. The summed E-state index contributed by atoms with van der Waals surface area (Å²) in [5.74, 6) is 0.936. The van der Waals surface area contributed by atoms with E-state index in [-0.39, 0.29) is 17.7 Å². The SMILES string of the molecule is COc1ccc(NC(=O)Cn2ccnc2Cl)cc1OC. The molecular formula is C13H14ClN3O3. The lowest BCUT2D eigenvalue weighted by Crippen LogP contribution is -2.18. The maximum atomic E-state index is 11.9. The number of hydrogen-bond acceptors (Lipinski definition) is 4. The molecule has 0 saturated heterocycles. The molecule has 7 heteroatoms. The number of nitrogens with zero attached hydrogens (tertiary/aromatic N) is 2. The first-order valence-electron chi connectivity index (χ1n) is 5.82. The highest BCUT2D eigenvalue weighted by Gasteiger charge is 2.09. The maximum Gasteiger partial charge on any atom is 0.244 e. The highest BCUT2D eigenvalue weighted by atomic mass is 35.5. The number of carbonyl (C=O) groups is 1. The molecule has 0 aliphatic heterocycles. The molecule has 0 spiro atoms. The lowest BCUT2D eigenvalue weighted by molar-refractivity contribution is -0.116. The fraction of sp³-hybridized carbons (Fsp3) is 0.231. The Balaban J connectivity index is 2.06. The number of halogens is 1. The van der Waals surface area contributed by atoms with Crippen LogP contribution in [0, 0.1) is 0 Å². The van der Waals surface area contributed by atoms with E-state index in [4.69, 9.17) is 21.1 Å². The normalized spacial score (nSPS) is 10.2. The number of carbonyl (C=O) groups excluding carboxylic acids is 1. The van der Waals surface area contributed by atoms with Gasteiger partial charge in [-0.2, -0.15) is 0 Å². The van der Waals surface area contributed by atoms with Crippen LogP contribution in [0.3, 0.4) is 0 Å². The molecule has 0 saturated carbocycles. The Labute approximate surface area is 121 Å². The summed E-state index contributed by atoms with van der Waals surface area (Å²) < 4.78 is 11.8. The van der Waals surface area contributed by atoms with E-state index >= 15 is 0 Å². The second-order valence-corrected chi connectivity index (χ2v) is 4.28. The largest absolute Gasteiger partial charge is 0.493 e. The van der Waals surface area contributed by atoms with Crippen molar-refractivity contribution in [2.24, 2.45) is 0 Å². The molecule has 1 heterocycles. The number of hydrogen-bond donors (Lipinski definition) is 1. The monoisotopic (exact) mass is 295 g/mol. The summed E-state index contributed by atoms with van der Waals surface area (Å²) in [6.07, 6.45) is 3.17. The Morgan fingerprint density at radius 2 is 2.10 bits per heavy atom. The number of anilines is 1. The van der Waals surface area contributed by atoms with Gasteiger partial charge in [0, 0.05) is 24.1 Å². The van der Waals surface area contributed by atoms with E-state index in [1.54, 1.807) is 31.5 Å². The third-order valence-corrected chi connectivity index (χ3v) is 2.96. The topological polar surface area (TPSA) is 65.4 Å². The van der Waals surface area contributed by atoms with Crippen molar-refractivity contribution < 1.29 is 14.3 Å². The van der Waals surface area contributed by atoms with Crippen LogP contribution in [-0.2, 0) is 11.3 Å². The Hall–Kier alpha value is -2.21. The van der Waals surface area contributed by atoms with E-state index in [0.29, 0.717) is 17.2 Å². The molecular weight excluding hydrogens is 282 g/mol. The number of nitrogens with one attached hydrogen (secondary N) is 1. The first-order valence-corrected chi connectivity index (χ1v) is 6.20. The molecule has 106 valence electrons. The molecule has 1 aromatic heterocycles. The number of ether oxygens (including phenoxy) is 2. The number of rotatable bonds is 5. The minimum Gasteiger partial charge on any atom is -0.493 e. The van der Waals surface area contributed by atoms with Crippen LogP contribution in [0.1, 0.15) is 0 Å². The van der Waals surface area contributed by atoms with E-state index < -0.39 is 0 Å². The molecule has 2 rings (SSSR count). The minimum atomic E-state index is -0.211.